The highest BCUT2D eigenvalue weighted by Gasteiger charge is 2.39. The second-order valence-corrected chi connectivity index (χ2v) is 21.3. The van der Waals surface area contributed by atoms with Gasteiger partial charge in [-0.25, -0.2) is 0 Å². The average molecular weight is 1030 g/mol. The van der Waals surface area contributed by atoms with Crippen LogP contribution < -0.4 is 29.1 Å². The van der Waals surface area contributed by atoms with Crippen molar-refractivity contribution >= 4 is 34.8 Å². The molecule has 75 heavy (non-hydrogen) atoms. The number of hydrogen-bond donors (Lipinski definition) is 0. The van der Waals surface area contributed by atoms with E-state index in [9.17, 15) is 9.59 Å². The van der Waals surface area contributed by atoms with Crippen molar-refractivity contribution in [3.05, 3.63) is 107 Å². The zero-order valence-electron chi connectivity index (χ0n) is 43.9. The van der Waals surface area contributed by atoms with Gasteiger partial charge in [-0.05, 0) is 106 Å². The molecule has 4 fully saturated rings. The third kappa shape index (κ3) is 11.1. The quantitative estimate of drug-likeness (QED) is 0.127. The normalized spacial score (nSPS) is 21.6. The molecule has 4 aromatic rings. The highest BCUT2D eigenvalue weighted by atomic mass is 19.4. The van der Waals surface area contributed by atoms with Gasteiger partial charge >= 0.3 is 18.2 Å². The average Bonchev–Trinajstić information content (AvgIpc) is 4.04. The van der Waals surface area contributed by atoms with Crippen molar-refractivity contribution in [1.82, 2.24) is 39.5 Å². The standard InChI is InChI=1S/C56H71F3N12O4/c1-7-50(72)66-22-26-68(27-23-66)52-43-17-20-70(48-14-10-9-13-42(48)37(3)4)33-46(43)60-55(63-52)75-36-41-30-39(32-65(41)6)38-15-16-45(56(57,58)59)49(31-38)71-21-18-44-47(34-71)61-54(74-35-40-12-11-19-64(40)5)62-53(44)69-28-24-67(25-29-69)51(73)8-2/h7-10,13-16,31,37,39-41H,1-2,11-12,17-30,32-36H2,3-6H3/t39?,40-,41-/m0/s1. The van der Waals surface area contributed by atoms with Gasteiger partial charge in [0.15, 0.2) is 0 Å². The summed E-state index contributed by atoms with van der Waals surface area (Å²) in [5.41, 5.74) is 6.33. The van der Waals surface area contributed by atoms with Gasteiger partial charge in [0.25, 0.3) is 0 Å². The van der Waals surface area contributed by atoms with Crippen LogP contribution >= 0.6 is 0 Å². The topological polar surface area (TPSA) is 130 Å². The lowest BCUT2D eigenvalue weighted by Gasteiger charge is -2.38. The van der Waals surface area contributed by atoms with Crippen LogP contribution in [-0.2, 0) is 41.7 Å². The van der Waals surface area contributed by atoms with E-state index in [1.165, 1.54) is 29.5 Å². The summed E-state index contributed by atoms with van der Waals surface area (Å²) < 4.78 is 58.0. The van der Waals surface area contributed by atoms with Crippen molar-refractivity contribution in [1.29, 1.82) is 0 Å². The molecule has 10 rings (SSSR count). The predicted molar refractivity (Wildman–Crippen MR) is 284 cm³/mol. The first-order valence-electron chi connectivity index (χ1n) is 26.7. The molecule has 1 unspecified atom stereocenters. The van der Waals surface area contributed by atoms with Gasteiger partial charge in [-0.2, -0.15) is 33.1 Å². The second-order valence-electron chi connectivity index (χ2n) is 21.3. The second kappa shape index (κ2) is 22.0. The zero-order valence-corrected chi connectivity index (χ0v) is 43.9. The molecule has 8 heterocycles. The molecule has 0 aliphatic carbocycles. The molecule has 0 N–H and O–H groups in total. The third-order valence-corrected chi connectivity index (χ3v) is 16.4. The summed E-state index contributed by atoms with van der Waals surface area (Å²) in [6.45, 7) is 20.4. The van der Waals surface area contributed by atoms with Crippen LogP contribution in [0.4, 0.5) is 36.2 Å². The number of ether oxygens (including phenoxy) is 2. The SMILES string of the molecule is C=CC(=O)N1CCN(c2nc(OC[C@@H]3CC(c4ccc(C(F)(F)F)c(N5CCc6c(nc(OC[C@@H]7CCCN7C)nc6N6CCN(C(=O)C=C)CC6)C5)c4)CN3C)nc3c2CCN(c2ccccc2C(C)C)C3)CC1. The zero-order chi connectivity index (χ0) is 52.5. The fraction of sp³-hybridized carbons (Fsp3) is 0.536. The van der Waals surface area contributed by atoms with Gasteiger partial charge in [0.1, 0.15) is 24.8 Å². The molecule has 2 aromatic heterocycles. The molecule has 2 aromatic carbocycles. The molecule has 6 aliphatic rings. The Labute approximate surface area is 438 Å². The van der Waals surface area contributed by atoms with Crippen LogP contribution in [0.1, 0.15) is 84.2 Å². The number of hydrogen-bond acceptors (Lipinski definition) is 14. The summed E-state index contributed by atoms with van der Waals surface area (Å²) in [5.74, 6) is 1.66. The van der Waals surface area contributed by atoms with E-state index in [2.05, 4.69) is 82.8 Å². The Bertz CT molecular complexity index is 2760. The van der Waals surface area contributed by atoms with Crippen molar-refractivity contribution < 1.29 is 32.2 Å². The number of halogens is 3. The van der Waals surface area contributed by atoms with Gasteiger partial charge in [-0.15, -0.1) is 0 Å². The summed E-state index contributed by atoms with van der Waals surface area (Å²) in [5, 5.41) is 0. The maximum atomic E-state index is 15.1. The molecule has 4 saturated heterocycles. The van der Waals surface area contributed by atoms with Crippen LogP contribution in [0, 0.1) is 0 Å². The molecule has 0 radical (unpaired) electrons. The first kappa shape index (κ1) is 52.0. The largest absolute Gasteiger partial charge is 0.462 e. The Kier molecular flexibility index (Phi) is 15.3. The van der Waals surface area contributed by atoms with Crippen LogP contribution in [-0.4, -0.2) is 169 Å². The molecule has 3 atom stereocenters. The summed E-state index contributed by atoms with van der Waals surface area (Å²) >= 11 is 0. The van der Waals surface area contributed by atoms with Gasteiger partial charge in [0.05, 0.1) is 30.0 Å². The van der Waals surface area contributed by atoms with Crippen LogP contribution in [0.25, 0.3) is 0 Å². The number of benzene rings is 2. The predicted octanol–water partition coefficient (Wildman–Crippen LogP) is 6.54. The van der Waals surface area contributed by atoms with E-state index in [-0.39, 0.29) is 48.1 Å². The Morgan fingerprint density at radius 3 is 1.75 bits per heavy atom. The monoisotopic (exact) mass is 1030 g/mol. The van der Waals surface area contributed by atoms with E-state index in [0.29, 0.717) is 116 Å². The molecule has 19 heteroatoms. The Morgan fingerprint density at radius 2 is 1.23 bits per heavy atom. The van der Waals surface area contributed by atoms with Gasteiger partial charge in [-0.1, -0.05) is 51.3 Å². The number of nitrogens with zero attached hydrogens (tertiary/aromatic N) is 12. The first-order valence-corrected chi connectivity index (χ1v) is 26.7. The number of anilines is 4. The highest BCUT2D eigenvalue weighted by Crippen LogP contribution is 2.43. The van der Waals surface area contributed by atoms with Crippen molar-refractivity contribution in [2.45, 2.75) is 89.1 Å². The number of likely N-dealkylation sites (N-methyl/N-ethyl adjacent to an activating group) is 2. The van der Waals surface area contributed by atoms with E-state index in [1.807, 2.05) is 16.8 Å². The highest BCUT2D eigenvalue weighted by molar-refractivity contribution is 5.87. The van der Waals surface area contributed by atoms with Gasteiger partial charge in [0, 0.05) is 107 Å². The maximum absolute atomic E-state index is 15.1. The van der Waals surface area contributed by atoms with Crippen LogP contribution in [0.3, 0.4) is 0 Å². The number of aromatic nitrogens is 4. The number of carbonyl (C=O) groups excluding carboxylic acids is 2. The minimum absolute atomic E-state index is 0.0529. The van der Waals surface area contributed by atoms with Crippen LogP contribution in [0.2, 0.25) is 0 Å². The fourth-order valence-corrected chi connectivity index (χ4v) is 12.0. The van der Waals surface area contributed by atoms with Gasteiger partial charge in [0.2, 0.25) is 11.8 Å². The Balaban J connectivity index is 0.879. The van der Waals surface area contributed by atoms with Gasteiger partial charge in [-0.3, -0.25) is 14.5 Å². The lowest BCUT2D eigenvalue weighted by molar-refractivity contribution is -0.137. The molecule has 0 bridgehead atoms. The van der Waals surface area contributed by atoms with Gasteiger partial charge < -0.3 is 43.8 Å². The summed E-state index contributed by atoms with van der Waals surface area (Å²) in [4.78, 5) is 61.6. The minimum atomic E-state index is -4.59. The molecule has 16 nitrogen and oxygen atoms in total. The first-order chi connectivity index (χ1) is 36.1. The molecule has 6 aliphatic heterocycles. The van der Waals surface area contributed by atoms with Crippen molar-refractivity contribution in [2.75, 3.05) is 125 Å². The number of rotatable bonds is 14. The van der Waals surface area contributed by atoms with Crippen molar-refractivity contribution in [3.63, 3.8) is 0 Å². The molecule has 0 saturated carbocycles. The number of carbonyl (C=O) groups is 2. The van der Waals surface area contributed by atoms with Crippen molar-refractivity contribution in [2.24, 2.45) is 0 Å². The Morgan fingerprint density at radius 1 is 0.680 bits per heavy atom. The number of para-hydroxylation sites is 1. The van der Waals surface area contributed by atoms with Crippen LogP contribution in [0.5, 0.6) is 12.0 Å². The molecular weight excluding hydrogens is 962 g/mol. The lowest BCUT2D eigenvalue weighted by atomic mass is 9.93. The lowest BCUT2D eigenvalue weighted by Crippen LogP contribution is -2.49. The fourth-order valence-electron chi connectivity index (χ4n) is 12.0. The number of likely N-dealkylation sites (tertiary alicyclic amines) is 2. The molecular formula is C56H71F3N12O4. The molecule has 0 spiro atoms. The van der Waals surface area contributed by atoms with E-state index in [0.717, 1.165) is 66.4 Å². The third-order valence-electron chi connectivity index (χ3n) is 16.4. The molecule has 400 valence electrons. The number of fused-ring (bicyclic) bond motifs is 2. The van der Waals surface area contributed by atoms with E-state index in [1.54, 1.807) is 17.0 Å². The van der Waals surface area contributed by atoms with Crippen molar-refractivity contribution in [3.8, 4) is 12.0 Å². The summed E-state index contributed by atoms with van der Waals surface area (Å²) in [6.07, 6.45) is 2.05. The minimum Gasteiger partial charge on any atom is -0.462 e. The van der Waals surface area contributed by atoms with Crippen LogP contribution in [0.15, 0.2) is 67.8 Å². The van der Waals surface area contributed by atoms with E-state index in [4.69, 9.17) is 29.4 Å². The smallest absolute Gasteiger partial charge is 0.418 e. The number of alkyl halides is 3. The maximum Gasteiger partial charge on any atom is 0.418 e. The van der Waals surface area contributed by atoms with E-state index >= 15 is 13.2 Å². The summed E-state index contributed by atoms with van der Waals surface area (Å²) in [7, 11) is 4.11. The number of amides is 2. The number of piperazine rings is 2. The summed E-state index contributed by atoms with van der Waals surface area (Å²) in [6, 6.07) is 13.8. The Hall–Kier alpha value is -6.47. The van der Waals surface area contributed by atoms with E-state index < -0.39 is 11.7 Å². The molecule has 2 amide bonds.